The fourth-order valence-electron chi connectivity index (χ4n) is 3.32. The van der Waals surface area contributed by atoms with Crippen molar-refractivity contribution in [2.75, 3.05) is 28.1 Å². The van der Waals surface area contributed by atoms with E-state index >= 15 is 0 Å². The molecule has 1 aromatic heterocycles. The van der Waals surface area contributed by atoms with Crippen molar-refractivity contribution in [2.24, 2.45) is 0 Å². The number of methoxy groups -OCH3 is 3. The van der Waals surface area contributed by atoms with Crippen molar-refractivity contribution >= 4 is 22.6 Å². The molecule has 0 N–H and O–H groups in total. The van der Waals surface area contributed by atoms with Crippen LogP contribution in [0.25, 0.3) is 22.8 Å². The lowest BCUT2D eigenvalue weighted by atomic mass is 10.1. The quantitative estimate of drug-likeness (QED) is 0.171. The standard InChI is InChI=1S/C25H22FIN2O6/c1-30-14-34-21-12-15(8-10-18(21)26)24-28-25(35-29-24)17-6-4-5-7-19(17)33-13-16-9-11-20(31-2)22(27)23(16)32-3/h4-12H,13-14H2,1-3H3. The molecule has 0 bridgehead atoms. The Hall–Kier alpha value is -3.38. The molecule has 0 aliphatic carbocycles. The summed E-state index contributed by atoms with van der Waals surface area (Å²) >= 11 is 2.18. The van der Waals surface area contributed by atoms with Crippen molar-refractivity contribution in [1.82, 2.24) is 10.1 Å². The van der Waals surface area contributed by atoms with Gasteiger partial charge in [-0.1, -0.05) is 17.3 Å². The van der Waals surface area contributed by atoms with Gasteiger partial charge in [-0.25, -0.2) is 4.39 Å². The van der Waals surface area contributed by atoms with Gasteiger partial charge < -0.3 is 28.2 Å². The van der Waals surface area contributed by atoms with Gasteiger partial charge in [-0.2, -0.15) is 4.98 Å². The molecule has 0 saturated heterocycles. The van der Waals surface area contributed by atoms with E-state index in [1.807, 2.05) is 36.4 Å². The van der Waals surface area contributed by atoms with Crippen LogP contribution in [0.5, 0.6) is 23.0 Å². The van der Waals surface area contributed by atoms with Crippen LogP contribution >= 0.6 is 22.6 Å². The van der Waals surface area contributed by atoms with E-state index < -0.39 is 5.82 Å². The fraction of sp³-hybridized carbons (Fsp3) is 0.200. The zero-order valence-electron chi connectivity index (χ0n) is 19.2. The first-order valence-electron chi connectivity index (χ1n) is 10.4. The van der Waals surface area contributed by atoms with Crippen LogP contribution in [0.2, 0.25) is 0 Å². The highest BCUT2D eigenvalue weighted by Crippen LogP contribution is 2.36. The summed E-state index contributed by atoms with van der Waals surface area (Å²) in [5.74, 6) is 2.02. The van der Waals surface area contributed by atoms with E-state index in [9.17, 15) is 4.39 Å². The minimum Gasteiger partial charge on any atom is -0.496 e. The minimum atomic E-state index is -0.517. The first kappa shape index (κ1) is 24.7. The summed E-state index contributed by atoms with van der Waals surface area (Å²) in [6.07, 6.45) is 0. The average Bonchev–Trinajstić information content (AvgIpc) is 3.37. The molecule has 10 heteroatoms. The second-order valence-electron chi connectivity index (χ2n) is 7.18. The van der Waals surface area contributed by atoms with Gasteiger partial charge in [-0.15, -0.1) is 0 Å². The zero-order chi connectivity index (χ0) is 24.8. The third kappa shape index (κ3) is 5.49. The van der Waals surface area contributed by atoms with Gasteiger partial charge in [0.25, 0.3) is 5.89 Å². The number of ether oxygens (including phenoxy) is 5. The van der Waals surface area contributed by atoms with Gasteiger partial charge in [0, 0.05) is 18.2 Å². The second-order valence-corrected chi connectivity index (χ2v) is 8.26. The Kier molecular flexibility index (Phi) is 8.03. The highest BCUT2D eigenvalue weighted by atomic mass is 127. The molecule has 3 aromatic carbocycles. The largest absolute Gasteiger partial charge is 0.496 e. The number of hydrogen-bond donors (Lipinski definition) is 0. The molecule has 35 heavy (non-hydrogen) atoms. The highest BCUT2D eigenvalue weighted by molar-refractivity contribution is 14.1. The van der Waals surface area contributed by atoms with Crippen LogP contribution < -0.4 is 18.9 Å². The molecule has 0 atom stereocenters. The van der Waals surface area contributed by atoms with E-state index in [2.05, 4.69) is 32.7 Å². The fourth-order valence-corrected chi connectivity index (χ4v) is 4.29. The van der Waals surface area contributed by atoms with E-state index in [0.29, 0.717) is 22.6 Å². The molecule has 4 aromatic rings. The van der Waals surface area contributed by atoms with Gasteiger partial charge in [0.15, 0.2) is 18.4 Å². The smallest absolute Gasteiger partial charge is 0.262 e. The van der Waals surface area contributed by atoms with Crippen LogP contribution in [0.15, 0.2) is 59.1 Å². The molecule has 182 valence electrons. The van der Waals surface area contributed by atoms with E-state index in [4.69, 9.17) is 28.2 Å². The lowest BCUT2D eigenvalue weighted by Crippen LogP contribution is -2.02. The van der Waals surface area contributed by atoms with E-state index in [1.165, 1.54) is 19.2 Å². The summed E-state index contributed by atoms with van der Waals surface area (Å²) in [5, 5.41) is 4.05. The van der Waals surface area contributed by atoms with Gasteiger partial charge >= 0.3 is 0 Å². The Morgan fingerprint density at radius 1 is 0.914 bits per heavy atom. The highest BCUT2D eigenvalue weighted by Gasteiger charge is 2.18. The normalized spacial score (nSPS) is 10.8. The van der Waals surface area contributed by atoms with Crippen molar-refractivity contribution in [2.45, 2.75) is 6.61 Å². The molecule has 0 aliphatic rings. The van der Waals surface area contributed by atoms with Gasteiger partial charge in [0.2, 0.25) is 5.82 Å². The maximum Gasteiger partial charge on any atom is 0.262 e. The summed E-state index contributed by atoms with van der Waals surface area (Å²) < 4.78 is 47.5. The van der Waals surface area contributed by atoms with Crippen LogP contribution in [-0.4, -0.2) is 38.3 Å². The Morgan fingerprint density at radius 2 is 1.74 bits per heavy atom. The van der Waals surface area contributed by atoms with Crippen LogP contribution in [-0.2, 0) is 11.3 Å². The monoisotopic (exact) mass is 592 g/mol. The van der Waals surface area contributed by atoms with Gasteiger partial charge in [0.05, 0.1) is 23.4 Å². The van der Waals surface area contributed by atoms with Crippen molar-refractivity contribution < 1.29 is 32.6 Å². The Balaban J connectivity index is 1.58. The molecule has 0 saturated carbocycles. The molecule has 0 radical (unpaired) electrons. The van der Waals surface area contributed by atoms with Crippen LogP contribution in [0.4, 0.5) is 4.39 Å². The van der Waals surface area contributed by atoms with Crippen molar-refractivity contribution in [1.29, 1.82) is 0 Å². The maximum atomic E-state index is 14.0. The zero-order valence-corrected chi connectivity index (χ0v) is 21.4. The molecular weight excluding hydrogens is 570 g/mol. The van der Waals surface area contributed by atoms with E-state index in [-0.39, 0.29) is 30.9 Å². The summed E-state index contributed by atoms with van der Waals surface area (Å²) in [7, 11) is 4.68. The lowest BCUT2D eigenvalue weighted by molar-refractivity contribution is 0.0483. The Bertz CT molecular complexity index is 1310. The predicted octanol–water partition coefficient (Wildman–Crippen LogP) is 5.73. The van der Waals surface area contributed by atoms with E-state index in [0.717, 1.165) is 14.9 Å². The summed E-state index contributed by atoms with van der Waals surface area (Å²) in [6, 6.07) is 15.4. The number of rotatable bonds is 10. The van der Waals surface area contributed by atoms with Gasteiger partial charge in [-0.05, 0) is 65.1 Å². The van der Waals surface area contributed by atoms with Crippen molar-refractivity contribution in [3.63, 3.8) is 0 Å². The number of benzene rings is 3. The van der Waals surface area contributed by atoms with Gasteiger partial charge in [-0.3, -0.25) is 0 Å². The molecule has 0 fully saturated rings. The summed E-state index contributed by atoms with van der Waals surface area (Å²) in [6.45, 7) is 0.167. The third-order valence-electron chi connectivity index (χ3n) is 5.02. The average molecular weight is 592 g/mol. The molecule has 4 rings (SSSR count). The lowest BCUT2D eigenvalue weighted by Gasteiger charge is -2.15. The first-order valence-corrected chi connectivity index (χ1v) is 11.5. The summed E-state index contributed by atoms with van der Waals surface area (Å²) in [4.78, 5) is 4.48. The molecular formula is C25H22FIN2O6. The molecule has 0 unspecified atom stereocenters. The van der Waals surface area contributed by atoms with Crippen molar-refractivity contribution in [3.8, 4) is 45.8 Å². The number of para-hydroxylation sites is 1. The van der Waals surface area contributed by atoms with Crippen LogP contribution in [0, 0.1) is 9.39 Å². The number of halogens is 2. The SMILES string of the molecule is COCOc1cc(-c2noc(-c3ccccc3OCc3ccc(OC)c(I)c3OC)n2)ccc1F. The van der Waals surface area contributed by atoms with Crippen LogP contribution in [0.3, 0.4) is 0 Å². The van der Waals surface area contributed by atoms with Crippen LogP contribution in [0.1, 0.15) is 5.56 Å². The second kappa shape index (κ2) is 11.4. The summed E-state index contributed by atoms with van der Waals surface area (Å²) in [5.41, 5.74) is 2.00. The molecule has 0 aliphatic heterocycles. The molecule has 1 heterocycles. The Morgan fingerprint density at radius 3 is 2.51 bits per heavy atom. The van der Waals surface area contributed by atoms with Crippen molar-refractivity contribution in [3.05, 3.63) is 69.5 Å². The first-order chi connectivity index (χ1) is 17.0. The predicted molar refractivity (Wildman–Crippen MR) is 134 cm³/mol. The topological polar surface area (TPSA) is 85.1 Å². The molecule has 8 nitrogen and oxygen atoms in total. The minimum absolute atomic E-state index is 0.0301. The maximum absolute atomic E-state index is 14.0. The molecule has 0 spiro atoms. The Labute approximate surface area is 215 Å². The molecule has 0 amide bonds. The number of hydrogen-bond acceptors (Lipinski definition) is 8. The number of nitrogens with zero attached hydrogens (tertiary/aromatic N) is 2. The van der Waals surface area contributed by atoms with E-state index in [1.54, 1.807) is 20.3 Å². The number of aromatic nitrogens is 2. The third-order valence-corrected chi connectivity index (χ3v) is 6.04. The van der Waals surface area contributed by atoms with Gasteiger partial charge in [0.1, 0.15) is 23.9 Å².